The van der Waals surface area contributed by atoms with Gasteiger partial charge in [0.2, 0.25) is 11.8 Å². The van der Waals surface area contributed by atoms with E-state index >= 15 is 0 Å². The fourth-order valence-corrected chi connectivity index (χ4v) is 17.0. The van der Waals surface area contributed by atoms with Gasteiger partial charge in [0.05, 0.1) is 87.2 Å². The van der Waals surface area contributed by atoms with E-state index in [1.807, 2.05) is 93.2 Å². The van der Waals surface area contributed by atoms with Crippen LogP contribution in [-0.4, -0.2) is 182 Å². The van der Waals surface area contributed by atoms with Crippen LogP contribution >= 0.6 is 47.0 Å². The second kappa shape index (κ2) is 37.2. The molecule has 3 aliphatic heterocycles. The van der Waals surface area contributed by atoms with Gasteiger partial charge < -0.3 is 69.0 Å². The molecular weight excluding hydrogens is 1220 g/mol. The molecule has 4 N–H and O–H groups in total. The van der Waals surface area contributed by atoms with Crippen LogP contribution < -0.4 is 49.4 Å². The van der Waals surface area contributed by atoms with Crippen molar-refractivity contribution in [3.63, 3.8) is 0 Å². The number of nitrogens with two attached hydrogens (primary N) is 2. The Morgan fingerprint density at radius 3 is 1.12 bits per heavy atom. The largest absolute Gasteiger partial charge is 0.493 e. The minimum atomic E-state index is -0.141. The molecule has 3 aliphatic rings. The van der Waals surface area contributed by atoms with Crippen LogP contribution in [0.4, 0.5) is 11.4 Å². The van der Waals surface area contributed by atoms with E-state index < -0.39 is 0 Å². The number of nitrogens with zero attached hydrogens (tertiary/aromatic N) is 4. The van der Waals surface area contributed by atoms with Gasteiger partial charge in [-0.05, 0) is 147 Å². The Kier molecular flexibility index (Phi) is 29.4. The number of nitrogen functional groups attached to an aromatic ring is 2. The first kappa shape index (κ1) is 71.1. The van der Waals surface area contributed by atoms with E-state index in [0.717, 1.165) is 111 Å². The first-order valence-electron chi connectivity index (χ1n) is 31.6. The predicted molar refractivity (Wildman–Crippen MR) is 370 cm³/mol. The molecule has 90 heavy (non-hydrogen) atoms. The molecule has 0 radical (unpaired) electrons. The summed E-state index contributed by atoms with van der Waals surface area (Å²) in [5.41, 5.74) is 16.2. The highest BCUT2D eigenvalue weighted by molar-refractivity contribution is 8.17. The van der Waals surface area contributed by atoms with Gasteiger partial charge in [-0.1, -0.05) is 39.8 Å². The third-order valence-corrected chi connectivity index (χ3v) is 21.5. The molecule has 22 heteroatoms. The predicted octanol–water partition coefficient (Wildman–Crippen LogP) is 12.4. The molecule has 4 amide bonds. The quantitative estimate of drug-likeness (QED) is 0.0188. The second-order valence-electron chi connectivity index (χ2n) is 21.8. The van der Waals surface area contributed by atoms with Gasteiger partial charge >= 0.3 is 0 Å². The smallest absolute Gasteiger partial charge is 0.256 e. The highest BCUT2D eigenvalue weighted by atomic mass is 32.2. The molecule has 4 aromatic rings. The summed E-state index contributed by atoms with van der Waals surface area (Å²) in [5, 5.41) is 0. The highest BCUT2D eigenvalue weighted by Gasteiger charge is 2.38. The number of amides is 4. The molecule has 0 spiro atoms. The monoisotopic (exact) mass is 1310 g/mol. The van der Waals surface area contributed by atoms with Crippen LogP contribution in [-0.2, 0) is 9.59 Å². The van der Waals surface area contributed by atoms with Gasteiger partial charge in [0.25, 0.3) is 11.8 Å². The lowest BCUT2D eigenvalue weighted by atomic mass is 10.1. The Hall–Kier alpha value is -6.36. The van der Waals surface area contributed by atoms with Crippen LogP contribution in [0.3, 0.4) is 0 Å². The van der Waals surface area contributed by atoms with Crippen LogP contribution in [0.25, 0.3) is 12.2 Å². The number of likely N-dealkylation sites (tertiary alicyclic amines) is 2. The molecular formula is C68H94N6O12S4. The van der Waals surface area contributed by atoms with Crippen molar-refractivity contribution < 1.29 is 57.1 Å². The SMILES string of the molecule is CCSC(SCC)[C@@H]1CCCN1C(=O)c1cc(OC)c(OCCCCCOc2ccc(/C=C/C(=O)N3CCN(C(=O)/C=C/c4ccc(OCCCCCOc5cc(N)c(C(=O)N6CCC[C@H]6C(SCC)SCC)cc5OC)c(OC)c4)CC3)cc2OC)cc1N. The maximum absolute atomic E-state index is 13.8. The van der Waals surface area contributed by atoms with Gasteiger partial charge in [-0.3, -0.25) is 19.2 Å². The van der Waals surface area contributed by atoms with Gasteiger partial charge in [-0.25, -0.2) is 0 Å². The number of methoxy groups -OCH3 is 4. The number of hydrogen-bond acceptors (Lipinski definition) is 18. The maximum Gasteiger partial charge on any atom is 0.256 e. The summed E-state index contributed by atoms with van der Waals surface area (Å²) < 4.78 is 47.7. The molecule has 0 saturated carbocycles. The lowest BCUT2D eigenvalue weighted by Gasteiger charge is -2.33. The Morgan fingerprint density at radius 2 is 0.789 bits per heavy atom. The summed E-state index contributed by atoms with van der Waals surface area (Å²) in [7, 11) is 6.32. The standard InChI is InChI=1S/C68H94N6O12S4/c1-9-87-67(88-10-2)53-21-19-31-73(53)65(77)49-43-59(81-7)61(45-51(49)69)85-39-17-13-15-37-83-55-27-23-47(41-57(55)79-5)25-29-63(75)71-33-35-72(36-34-71)64(76)30-26-48-24-28-56(58(42-48)80-6)84-38-16-14-18-40-86-62-46-52(70)50(44-60(62)82-8)66(78)74-32-20-22-54(74)68(89-11-3)90-12-4/h23-30,41-46,53-54,67-68H,9-22,31-40,69-70H2,1-8H3/b29-25+,30-26+/t53-,54-/m0/s1. The Balaban J connectivity index is 0.772. The van der Waals surface area contributed by atoms with Crippen molar-refractivity contribution in [2.75, 3.05) is 129 Å². The number of thioether (sulfide) groups is 4. The van der Waals surface area contributed by atoms with Crippen molar-refractivity contribution in [1.29, 1.82) is 0 Å². The molecule has 0 unspecified atom stereocenters. The number of carbonyl (C=O) groups excluding carboxylic acids is 4. The third-order valence-electron chi connectivity index (χ3n) is 15.9. The topological polar surface area (TPSA) is 207 Å². The highest BCUT2D eigenvalue weighted by Crippen LogP contribution is 2.41. The van der Waals surface area contributed by atoms with Crippen LogP contribution in [0.5, 0.6) is 46.0 Å². The van der Waals surface area contributed by atoms with E-state index in [2.05, 4.69) is 27.7 Å². The first-order valence-corrected chi connectivity index (χ1v) is 35.8. The molecule has 7 rings (SSSR count). The van der Waals surface area contributed by atoms with Crippen molar-refractivity contribution in [2.45, 2.75) is 113 Å². The van der Waals surface area contributed by atoms with Crippen molar-refractivity contribution in [3.8, 4) is 46.0 Å². The summed E-state index contributed by atoms with van der Waals surface area (Å²) in [5.74, 6) is 7.92. The average molecular weight is 1320 g/mol. The molecule has 0 aliphatic carbocycles. The molecule has 3 heterocycles. The lowest BCUT2D eigenvalue weighted by Crippen LogP contribution is -2.49. The molecule has 2 atom stereocenters. The second-order valence-corrected chi connectivity index (χ2v) is 28.1. The number of anilines is 2. The van der Waals surface area contributed by atoms with Gasteiger partial charge in [-0.2, -0.15) is 0 Å². The average Bonchev–Trinajstić information content (AvgIpc) is 1.57. The van der Waals surface area contributed by atoms with Gasteiger partial charge in [0.1, 0.15) is 0 Å². The van der Waals surface area contributed by atoms with Crippen molar-refractivity contribution in [2.24, 2.45) is 0 Å². The van der Waals surface area contributed by atoms with E-state index in [1.54, 1.807) is 86.8 Å². The number of unbranched alkanes of at least 4 members (excludes halogenated alkanes) is 4. The van der Waals surface area contributed by atoms with Gasteiger partial charge in [0.15, 0.2) is 46.0 Å². The van der Waals surface area contributed by atoms with Crippen LogP contribution in [0, 0.1) is 0 Å². The molecule has 0 bridgehead atoms. The minimum absolute atomic E-state index is 0.0606. The molecule has 4 aromatic carbocycles. The number of carbonyl (C=O) groups is 4. The zero-order chi connectivity index (χ0) is 64.4. The van der Waals surface area contributed by atoms with Crippen LogP contribution in [0.1, 0.15) is 124 Å². The zero-order valence-corrected chi connectivity index (χ0v) is 57.1. The number of ether oxygens (including phenoxy) is 8. The molecule has 18 nitrogen and oxygen atoms in total. The summed E-state index contributed by atoms with van der Waals surface area (Å²) in [6, 6.07) is 18.3. The summed E-state index contributed by atoms with van der Waals surface area (Å²) in [6.45, 7) is 13.6. The van der Waals surface area contributed by atoms with Gasteiger partial charge in [0, 0.05) is 74.9 Å². The molecule has 3 saturated heterocycles. The molecule has 0 aromatic heterocycles. The number of benzene rings is 4. The van der Waals surface area contributed by atoms with Crippen LogP contribution in [0.15, 0.2) is 72.8 Å². The fourth-order valence-electron chi connectivity index (χ4n) is 11.2. The third kappa shape index (κ3) is 19.8. The van der Waals surface area contributed by atoms with E-state index in [1.165, 1.54) is 0 Å². The van der Waals surface area contributed by atoms with Gasteiger partial charge in [-0.15, -0.1) is 47.0 Å². The van der Waals surface area contributed by atoms with Crippen molar-refractivity contribution >= 4 is 94.2 Å². The minimum Gasteiger partial charge on any atom is -0.493 e. The molecule has 3 fully saturated rings. The van der Waals surface area contributed by atoms with Crippen LogP contribution in [0.2, 0.25) is 0 Å². The normalized spacial score (nSPS) is 16.0. The van der Waals surface area contributed by atoms with Crippen molar-refractivity contribution in [1.82, 2.24) is 19.6 Å². The van der Waals surface area contributed by atoms with E-state index in [-0.39, 0.29) is 35.7 Å². The summed E-state index contributed by atoms with van der Waals surface area (Å²) >= 11 is 7.62. The molecule has 492 valence electrons. The van der Waals surface area contributed by atoms with Crippen molar-refractivity contribution in [3.05, 3.63) is 95.1 Å². The fraction of sp³-hybridized carbons (Fsp3) is 0.529. The Morgan fingerprint density at radius 1 is 0.456 bits per heavy atom. The van der Waals surface area contributed by atoms with E-state index in [4.69, 9.17) is 49.4 Å². The summed E-state index contributed by atoms with van der Waals surface area (Å²) in [4.78, 5) is 61.7. The zero-order valence-electron chi connectivity index (χ0n) is 53.8. The van der Waals surface area contributed by atoms with E-state index in [9.17, 15) is 19.2 Å². The Bertz CT molecular complexity index is 2830. The number of hydrogen-bond donors (Lipinski definition) is 2. The summed E-state index contributed by atoms with van der Waals surface area (Å²) in [6.07, 6.45) is 15.3. The maximum atomic E-state index is 13.8. The lowest BCUT2D eigenvalue weighted by molar-refractivity contribution is -0.133. The Labute approximate surface area is 550 Å². The first-order chi connectivity index (χ1) is 43.8. The number of piperazine rings is 1. The number of rotatable bonds is 36. The van der Waals surface area contributed by atoms with E-state index in [0.29, 0.717) is 130 Å².